The van der Waals surface area contributed by atoms with Gasteiger partial charge in [0, 0.05) is 20.7 Å². The van der Waals surface area contributed by atoms with Crippen LogP contribution in [0.5, 0.6) is 11.5 Å². The van der Waals surface area contributed by atoms with E-state index in [1.807, 2.05) is 24.3 Å². The van der Waals surface area contributed by atoms with Crippen LogP contribution in [0.2, 0.25) is 5.02 Å². The van der Waals surface area contributed by atoms with Crippen LogP contribution in [0.4, 0.5) is 5.69 Å². The fourth-order valence-electron chi connectivity index (χ4n) is 2.55. The molecular formula is C22H15BrClN3O3S. The van der Waals surface area contributed by atoms with Crippen LogP contribution in [0.3, 0.4) is 0 Å². The number of carbonyl (C=O) groups excluding carboxylic acids is 1. The highest BCUT2D eigenvalue weighted by Gasteiger charge is 2.11. The standard InChI is InChI=1S/C22H15BrClN3O3S/c23-15-3-1-14(2-4-15)21-26-27-22(30-21)31-13-20(28)25-17-7-11-19(12-8-17)29-18-9-5-16(24)6-10-18/h1-12H,13H2,(H,25,28). The summed E-state index contributed by atoms with van der Waals surface area (Å²) in [6.45, 7) is 0. The third kappa shape index (κ3) is 6.10. The molecule has 4 rings (SSSR count). The number of benzene rings is 3. The van der Waals surface area contributed by atoms with Crippen LogP contribution in [0, 0.1) is 0 Å². The number of rotatable bonds is 7. The van der Waals surface area contributed by atoms with Gasteiger partial charge in [-0.2, -0.15) is 0 Å². The van der Waals surface area contributed by atoms with E-state index in [0.29, 0.717) is 33.3 Å². The minimum Gasteiger partial charge on any atom is -0.457 e. The van der Waals surface area contributed by atoms with Crippen LogP contribution in [-0.4, -0.2) is 21.9 Å². The van der Waals surface area contributed by atoms with Gasteiger partial charge in [-0.05, 0) is 72.8 Å². The number of halogens is 2. The van der Waals surface area contributed by atoms with Crippen molar-refractivity contribution in [3.05, 3.63) is 82.3 Å². The molecule has 0 fully saturated rings. The van der Waals surface area contributed by atoms with Gasteiger partial charge in [-0.15, -0.1) is 10.2 Å². The third-order valence-corrected chi connectivity index (χ3v) is 5.61. The molecular weight excluding hydrogens is 502 g/mol. The fourth-order valence-corrected chi connectivity index (χ4v) is 3.50. The lowest BCUT2D eigenvalue weighted by atomic mass is 10.2. The van der Waals surface area contributed by atoms with Crippen molar-refractivity contribution in [2.75, 3.05) is 11.1 Å². The number of aromatic nitrogens is 2. The van der Waals surface area contributed by atoms with Crippen molar-refractivity contribution < 1.29 is 13.9 Å². The van der Waals surface area contributed by atoms with Gasteiger partial charge in [-0.25, -0.2) is 0 Å². The zero-order valence-electron chi connectivity index (χ0n) is 15.9. The molecule has 1 aromatic heterocycles. The largest absolute Gasteiger partial charge is 0.457 e. The van der Waals surface area contributed by atoms with Crippen LogP contribution in [0.1, 0.15) is 0 Å². The number of thioether (sulfide) groups is 1. The van der Waals surface area contributed by atoms with E-state index in [0.717, 1.165) is 10.0 Å². The van der Waals surface area contributed by atoms with Crippen molar-refractivity contribution in [2.24, 2.45) is 0 Å². The molecule has 0 aliphatic carbocycles. The van der Waals surface area contributed by atoms with Gasteiger partial charge in [-0.3, -0.25) is 4.79 Å². The SMILES string of the molecule is O=C(CSc1nnc(-c2ccc(Br)cc2)o1)Nc1ccc(Oc2ccc(Cl)cc2)cc1. The lowest BCUT2D eigenvalue weighted by Gasteiger charge is -2.08. The Balaban J connectivity index is 1.28. The van der Waals surface area contributed by atoms with Crippen molar-refractivity contribution in [3.8, 4) is 23.0 Å². The fraction of sp³-hybridized carbons (Fsp3) is 0.0455. The van der Waals surface area contributed by atoms with Crippen molar-refractivity contribution in [1.82, 2.24) is 10.2 Å². The summed E-state index contributed by atoms with van der Waals surface area (Å²) in [4.78, 5) is 12.2. The molecule has 0 aliphatic rings. The molecule has 1 amide bonds. The molecule has 4 aromatic rings. The molecule has 0 unspecified atom stereocenters. The first-order valence-electron chi connectivity index (χ1n) is 9.11. The Labute approximate surface area is 196 Å². The predicted octanol–water partition coefficient (Wildman–Crippen LogP) is 6.68. The molecule has 0 spiro atoms. The van der Waals surface area contributed by atoms with E-state index >= 15 is 0 Å². The number of anilines is 1. The molecule has 0 saturated heterocycles. The molecule has 156 valence electrons. The minimum absolute atomic E-state index is 0.144. The smallest absolute Gasteiger partial charge is 0.277 e. The van der Waals surface area contributed by atoms with Gasteiger partial charge in [0.15, 0.2) is 0 Å². The highest BCUT2D eigenvalue weighted by molar-refractivity contribution is 9.10. The van der Waals surface area contributed by atoms with Crippen molar-refractivity contribution >= 4 is 50.9 Å². The van der Waals surface area contributed by atoms with E-state index in [2.05, 4.69) is 31.4 Å². The van der Waals surface area contributed by atoms with Crippen LogP contribution < -0.4 is 10.1 Å². The Morgan fingerprint density at radius 2 is 1.61 bits per heavy atom. The van der Waals surface area contributed by atoms with Gasteiger partial charge >= 0.3 is 0 Å². The molecule has 3 aromatic carbocycles. The van der Waals surface area contributed by atoms with Gasteiger partial charge in [0.2, 0.25) is 11.8 Å². The highest BCUT2D eigenvalue weighted by Crippen LogP contribution is 2.26. The van der Waals surface area contributed by atoms with Crippen molar-refractivity contribution in [1.29, 1.82) is 0 Å². The Hall–Kier alpha value is -2.81. The number of hydrogen-bond donors (Lipinski definition) is 1. The second-order valence-corrected chi connectivity index (χ2v) is 8.58. The van der Waals surface area contributed by atoms with E-state index in [1.165, 1.54) is 11.8 Å². The number of nitrogens with zero attached hydrogens (tertiary/aromatic N) is 2. The normalized spacial score (nSPS) is 10.6. The number of ether oxygens (including phenoxy) is 1. The Morgan fingerprint density at radius 1 is 0.968 bits per heavy atom. The number of hydrogen-bond acceptors (Lipinski definition) is 6. The Kier molecular flexibility index (Phi) is 6.91. The van der Waals surface area contributed by atoms with Crippen LogP contribution in [-0.2, 0) is 4.79 Å². The third-order valence-electron chi connectivity index (χ3n) is 4.01. The number of amides is 1. The zero-order valence-corrected chi connectivity index (χ0v) is 19.1. The van der Waals surface area contributed by atoms with E-state index in [4.69, 9.17) is 20.8 Å². The zero-order chi connectivity index (χ0) is 21.6. The van der Waals surface area contributed by atoms with E-state index < -0.39 is 0 Å². The summed E-state index contributed by atoms with van der Waals surface area (Å²) in [5, 5.41) is 11.8. The molecule has 6 nitrogen and oxygen atoms in total. The average Bonchev–Trinajstić information content (AvgIpc) is 3.25. The molecule has 0 bridgehead atoms. The second kappa shape index (κ2) is 10.00. The maximum absolute atomic E-state index is 12.2. The van der Waals surface area contributed by atoms with Crippen LogP contribution in [0.25, 0.3) is 11.5 Å². The first-order chi connectivity index (χ1) is 15.0. The summed E-state index contributed by atoms with van der Waals surface area (Å²) in [6, 6.07) is 21.7. The van der Waals surface area contributed by atoms with Crippen molar-refractivity contribution in [3.63, 3.8) is 0 Å². The maximum atomic E-state index is 12.2. The molecule has 9 heteroatoms. The van der Waals surface area contributed by atoms with Gasteiger partial charge in [0.05, 0.1) is 5.75 Å². The monoisotopic (exact) mass is 515 g/mol. The molecule has 1 heterocycles. The Bertz CT molecular complexity index is 1170. The molecule has 0 aliphatic heterocycles. The van der Waals surface area contributed by atoms with Gasteiger partial charge in [0.1, 0.15) is 11.5 Å². The number of carbonyl (C=O) groups is 1. The first kappa shape index (κ1) is 21.4. The van der Waals surface area contributed by atoms with Crippen molar-refractivity contribution in [2.45, 2.75) is 5.22 Å². The second-order valence-electron chi connectivity index (χ2n) is 6.30. The summed E-state index contributed by atoms with van der Waals surface area (Å²) in [6.07, 6.45) is 0. The number of nitrogens with one attached hydrogen (secondary N) is 1. The first-order valence-corrected chi connectivity index (χ1v) is 11.3. The summed E-state index contributed by atoms with van der Waals surface area (Å²) in [5.41, 5.74) is 1.48. The molecule has 0 atom stereocenters. The van der Waals surface area contributed by atoms with E-state index in [1.54, 1.807) is 48.5 Å². The summed E-state index contributed by atoms with van der Waals surface area (Å²) in [7, 11) is 0. The summed E-state index contributed by atoms with van der Waals surface area (Å²) in [5.74, 6) is 1.71. The van der Waals surface area contributed by atoms with Gasteiger partial charge in [-0.1, -0.05) is 39.3 Å². The van der Waals surface area contributed by atoms with E-state index in [-0.39, 0.29) is 11.7 Å². The van der Waals surface area contributed by atoms with Gasteiger partial charge < -0.3 is 14.5 Å². The highest BCUT2D eigenvalue weighted by atomic mass is 79.9. The van der Waals surface area contributed by atoms with E-state index in [9.17, 15) is 4.79 Å². The average molecular weight is 517 g/mol. The summed E-state index contributed by atoms with van der Waals surface area (Å²) >= 11 is 10.4. The molecule has 0 radical (unpaired) electrons. The lowest BCUT2D eigenvalue weighted by molar-refractivity contribution is -0.113. The minimum atomic E-state index is -0.181. The van der Waals surface area contributed by atoms with Crippen LogP contribution >= 0.6 is 39.3 Å². The lowest BCUT2D eigenvalue weighted by Crippen LogP contribution is -2.13. The quantitative estimate of drug-likeness (QED) is 0.276. The van der Waals surface area contributed by atoms with Gasteiger partial charge in [0.25, 0.3) is 5.22 Å². The maximum Gasteiger partial charge on any atom is 0.277 e. The summed E-state index contributed by atoms with van der Waals surface area (Å²) < 4.78 is 12.3. The molecule has 31 heavy (non-hydrogen) atoms. The topological polar surface area (TPSA) is 77.2 Å². The Morgan fingerprint density at radius 3 is 2.29 bits per heavy atom. The van der Waals surface area contributed by atoms with Crippen LogP contribution in [0.15, 0.2) is 86.9 Å². The molecule has 1 N–H and O–H groups in total. The molecule has 0 saturated carbocycles. The predicted molar refractivity (Wildman–Crippen MR) is 125 cm³/mol.